The number of amides is 1. The molecule has 0 aliphatic rings. The minimum absolute atomic E-state index is 0.183. The van der Waals surface area contributed by atoms with Crippen molar-refractivity contribution < 1.29 is 23.1 Å². The standard InChI is InChI=1S/C11H12F2N2O3/c1-2-18-10(16)5-15-11(17)6-3-7(12)8(13)4-9(6)14/h3-4H,2,5,14H2,1H3,(H,15,17). The van der Waals surface area contributed by atoms with E-state index in [0.717, 1.165) is 0 Å². The molecular weight excluding hydrogens is 246 g/mol. The number of anilines is 1. The largest absolute Gasteiger partial charge is 0.465 e. The molecule has 1 aromatic carbocycles. The first-order chi connectivity index (χ1) is 8.45. The quantitative estimate of drug-likeness (QED) is 0.619. The highest BCUT2D eigenvalue weighted by Crippen LogP contribution is 2.16. The van der Waals surface area contributed by atoms with Crippen LogP contribution in [0.25, 0.3) is 0 Å². The van der Waals surface area contributed by atoms with E-state index in [2.05, 4.69) is 10.1 Å². The molecule has 7 heteroatoms. The summed E-state index contributed by atoms with van der Waals surface area (Å²) in [6.45, 7) is 1.43. The Kier molecular flexibility index (Phi) is 4.59. The molecule has 0 aromatic heterocycles. The second-order valence-corrected chi connectivity index (χ2v) is 3.34. The highest BCUT2D eigenvalue weighted by Gasteiger charge is 2.15. The van der Waals surface area contributed by atoms with E-state index in [1.807, 2.05) is 0 Å². The van der Waals surface area contributed by atoms with E-state index in [9.17, 15) is 18.4 Å². The van der Waals surface area contributed by atoms with Gasteiger partial charge in [-0.15, -0.1) is 0 Å². The normalized spacial score (nSPS) is 9.94. The molecule has 0 fully saturated rings. The maximum absolute atomic E-state index is 12.9. The first kappa shape index (κ1) is 13.9. The van der Waals surface area contributed by atoms with Gasteiger partial charge in [0, 0.05) is 11.8 Å². The minimum atomic E-state index is -1.19. The molecular formula is C11H12F2N2O3. The van der Waals surface area contributed by atoms with Crippen LogP contribution in [0.3, 0.4) is 0 Å². The van der Waals surface area contributed by atoms with Crippen LogP contribution in [-0.2, 0) is 9.53 Å². The van der Waals surface area contributed by atoms with E-state index in [1.54, 1.807) is 6.92 Å². The lowest BCUT2D eigenvalue weighted by Crippen LogP contribution is -2.31. The maximum atomic E-state index is 12.9. The van der Waals surface area contributed by atoms with E-state index < -0.39 is 23.5 Å². The van der Waals surface area contributed by atoms with Gasteiger partial charge in [-0.05, 0) is 13.0 Å². The van der Waals surface area contributed by atoms with Gasteiger partial charge in [0.05, 0.1) is 12.2 Å². The van der Waals surface area contributed by atoms with Crippen LogP contribution in [0, 0.1) is 11.6 Å². The maximum Gasteiger partial charge on any atom is 0.325 e. The van der Waals surface area contributed by atoms with Gasteiger partial charge in [-0.2, -0.15) is 0 Å². The third kappa shape index (κ3) is 3.41. The Labute approximate surface area is 102 Å². The summed E-state index contributed by atoms with van der Waals surface area (Å²) in [5, 5.41) is 2.19. The van der Waals surface area contributed by atoms with E-state index in [1.165, 1.54) is 0 Å². The highest BCUT2D eigenvalue weighted by molar-refractivity contribution is 6.00. The van der Waals surface area contributed by atoms with Crippen molar-refractivity contribution >= 4 is 17.6 Å². The molecule has 0 aliphatic heterocycles. The Morgan fingerprint density at radius 2 is 1.94 bits per heavy atom. The van der Waals surface area contributed by atoms with Crippen LogP contribution in [0.15, 0.2) is 12.1 Å². The van der Waals surface area contributed by atoms with Crippen LogP contribution in [0.2, 0.25) is 0 Å². The van der Waals surface area contributed by atoms with E-state index in [4.69, 9.17) is 5.73 Å². The molecule has 0 heterocycles. The lowest BCUT2D eigenvalue weighted by atomic mass is 10.1. The monoisotopic (exact) mass is 258 g/mol. The summed E-state index contributed by atoms with van der Waals surface area (Å²) >= 11 is 0. The van der Waals surface area contributed by atoms with E-state index >= 15 is 0 Å². The molecule has 0 saturated heterocycles. The van der Waals surface area contributed by atoms with E-state index in [-0.39, 0.29) is 24.4 Å². The second kappa shape index (κ2) is 5.95. The van der Waals surface area contributed by atoms with Gasteiger partial charge in [-0.1, -0.05) is 0 Å². The van der Waals surface area contributed by atoms with Gasteiger partial charge >= 0.3 is 5.97 Å². The lowest BCUT2D eigenvalue weighted by Gasteiger charge is -2.07. The van der Waals surface area contributed by atoms with Crippen LogP contribution >= 0.6 is 0 Å². The molecule has 18 heavy (non-hydrogen) atoms. The number of esters is 1. The van der Waals surface area contributed by atoms with Crippen molar-refractivity contribution in [2.24, 2.45) is 0 Å². The van der Waals surface area contributed by atoms with Gasteiger partial charge in [0.25, 0.3) is 5.91 Å². The molecule has 0 saturated carbocycles. The fourth-order valence-corrected chi connectivity index (χ4v) is 1.22. The van der Waals surface area contributed by atoms with E-state index in [0.29, 0.717) is 12.1 Å². The first-order valence-corrected chi connectivity index (χ1v) is 5.14. The molecule has 5 nitrogen and oxygen atoms in total. The molecule has 0 bridgehead atoms. The molecule has 0 radical (unpaired) electrons. The van der Waals surface area contributed by atoms with Crippen LogP contribution in [0.1, 0.15) is 17.3 Å². The van der Waals surface area contributed by atoms with Crippen LogP contribution in [0.5, 0.6) is 0 Å². The Balaban J connectivity index is 2.73. The van der Waals surface area contributed by atoms with Crippen molar-refractivity contribution in [3.8, 4) is 0 Å². The van der Waals surface area contributed by atoms with Crippen LogP contribution < -0.4 is 11.1 Å². The number of hydrogen-bond donors (Lipinski definition) is 2. The fourth-order valence-electron chi connectivity index (χ4n) is 1.22. The van der Waals surface area contributed by atoms with Crippen molar-refractivity contribution in [3.05, 3.63) is 29.3 Å². The summed E-state index contributed by atoms with van der Waals surface area (Å²) in [6, 6.07) is 1.37. The van der Waals surface area contributed by atoms with Crippen LogP contribution in [-0.4, -0.2) is 25.0 Å². The van der Waals surface area contributed by atoms with Gasteiger partial charge < -0.3 is 15.8 Å². The fraction of sp³-hybridized carbons (Fsp3) is 0.273. The average molecular weight is 258 g/mol. The number of rotatable bonds is 4. The van der Waals surface area contributed by atoms with Gasteiger partial charge in [0.1, 0.15) is 6.54 Å². The number of nitrogens with one attached hydrogen (secondary N) is 1. The third-order valence-electron chi connectivity index (χ3n) is 2.04. The van der Waals surface area contributed by atoms with Gasteiger partial charge in [-0.3, -0.25) is 9.59 Å². The molecule has 0 unspecified atom stereocenters. The van der Waals surface area contributed by atoms with Gasteiger partial charge in [0.2, 0.25) is 0 Å². The summed E-state index contributed by atoms with van der Waals surface area (Å²) in [7, 11) is 0. The Morgan fingerprint density at radius 1 is 1.33 bits per heavy atom. The third-order valence-corrected chi connectivity index (χ3v) is 2.04. The zero-order chi connectivity index (χ0) is 13.7. The Morgan fingerprint density at radius 3 is 2.56 bits per heavy atom. The first-order valence-electron chi connectivity index (χ1n) is 5.14. The minimum Gasteiger partial charge on any atom is -0.465 e. The Hall–Kier alpha value is -2.18. The molecule has 3 N–H and O–H groups in total. The summed E-state index contributed by atoms with van der Waals surface area (Å²) in [6.07, 6.45) is 0. The zero-order valence-electron chi connectivity index (χ0n) is 9.63. The lowest BCUT2D eigenvalue weighted by molar-refractivity contribution is -0.141. The topological polar surface area (TPSA) is 81.4 Å². The van der Waals surface area contributed by atoms with Crippen LogP contribution in [0.4, 0.5) is 14.5 Å². The summed E-state index contributed by atoms with van der Waals surface area (Å²) < 4.78 is 30.3. The average Bonchev–Trinajstić information content (AvgIpc) is 2.31. The zero-order valence-corrected chi connectivity index (χ0v) is 9.63. The molecule has 0 aliphatic carbocycles. The number of halogens is 2. The highest BCUT2D eigenvalue weighted by atomic mass is 19.2. The summed E-state index contributed by atoms with van der Waals surface area (Å²) in [5.74, 6) is -3.74. The molecule has 1 amide bonds. The molecule has 98 valence electrons. The number of nitrogens with two attached hydrogens (primary N) is 1. The number of carbonyl (C=O) groups is 2. The number of hydrogen-bond acceptors (Lipinski definition) is 4. The number of ether oxygens (including phenoxy) is 1. The number of nitrogen functional groups attached to an aromatic ring is 1. The molecule has 0 spiro atoms. The van der Waals surface area contributed by atoms with Gasteiger partial charge in [-0.25, -0.2) is 8.78 Å². The number of carbonyl (C=O) groups excluding carboxylic acids is 2. The number of benzene rings is 1. The summed E-state index contributed by atoms with van der Waals surface area (Å²) in [5.41, 5.74) is 4.92. The van der Waals surface area contributed by atoms with Crippen molar-refractivity contribution in [2.45, 2.75) is 6.92 Å². The molecule has 0 atom stereocenters. The van der Waals surface area contributed by atoms with Crippen molar-refractivity contribution in [1.82, 2.24) is 5.32 Å². The summed E-state index contributed by atoms with van der Waals surface area (Å²) in [4.78, 5) is 22.5. The molecule has 1 rings (SSSR count). The van der Waals surface area contributed by atoms with Crippen molar-refractivity contribution in [1.29, 1.82) is 0 Å². The predicted octanol–water partition coefficient (Wildman–Crippen LogP) is 0.840. The van der Waals surface area contributed by atoms with Crippen molar-refractivity contribution in [2.75, 3.05) is 18.9 Å². The SMILES string of the molecule is CCOC(=O)CNC(=O)c1cc(F)c(F)cc1N. The second-order valence-electron chi connectivity index (χ2n) is 3.34. The smallest absolute Gasteiger partial charge is 0.325 e. The van der Waals surface area contributed by atoms with Gasteiger partial charge in [0.15, 0.2) is 11.6 Å². The predicted molar refractivity (Wildman–Crippen MR) is 59.7 cm³/mol. The molecule has 1 aromatic rings. The van der Waals surface area contributed by atoms with Crippen molar-refractivity contribution in [3.63, 3.8) is 0 Å². The Bertz CT molecular complexity index is 478.